The Bertz CT molecular complexity index is 889. The molecule has 26 heavy (non-hydrogen) atoms. The molecular formula is C20H19ClN2O2S. The van der Waals surface area contributed by atoms with Gasteiger partial charge in [-0.25, -0.2) is 4.98 Å². The number of aryl methyl sites for hydroxylation is 1. The minimum atomic E-state index is -0.0891. The number of thiazole rings is 1. The molecule has 6 heteroatoms. The van der Waals surface area contributed by atoms with Gasteiger partial charge in [-0.1, -0.05) is 35.9 Å². The van der Waals surface area contributed by atoms with E-state index in [9.17, 15) is 4.79 Å². The van der Waals surface area contributed by atoms with Crippen LogP contribution in [0.25, 0.3) is 10.6 Å². The summed E-state index contributed by atoms with van der Waals surface area (Å²) in [5.74, 6) is 0.738. The maximum absolute atomic E-state index is 12.5. The zero-order valence-corrected chi connectivity index (χ0v) is 16.2. The van der Waals surface area contributed by atoms with Crippen LogP contribution in [-0.4, -0.2) is 24.5 Å². The molecule has 0 fully saturated rings. The Morgan fingerprint density at radius 3 is 2.50 bits per heavy atom. The van der Waals surface area contributed by atoms with Gasteiger partial charge in [0.1, 0.15) is 15.6 Å². The van der Waals surface area contributed by atoms with Crippen LogP contribution in [-0.2, 0) is 6.42 Å². The molecule has 2 aromatic carbocycles. The van der Waals surface area contributed by atoms with E-state index in [-0.39, 0.29) is 5.91 Å². The molecule has 0 saturated heterocycles. The summed E-state index contributed by atoms with van der Waals surface area (Å²) in [6.45, 7) is 2.42. The molecule has 3 aromatic rings. The fraction of sp³-hybridized carbons (Fsp3) is 0.200. The van der Waals surface area contributed by atoms with Gasteiger partial charge in [0.2, 0.25) is 0 Å². The van der Waals surface area contributed by atoms with Gasteiger partial charge in [-0.05, 0) is 43.2 Å². The van der Waals surface area contributed by atoms with Crippen LogP contribution in [0.3, 0.4) is 0 Å². The standard InChI is InChI=1S/C20H19ClN2O2S/c1-13-18(26-20(23-13)15-5-7-16(21)8-6-15)19(24)22-12-11-14-3-9-17(25-2)10-4-14/h3-10H,11-12H2,1-2H3,(H,22,24). The number of ether oxygens (including phenoxy) is 1. The third-order valence-electron chi connectivity index (χ3n) is 3.95. The number of halogens is 1. The predicted molar refractivity (Wildman–Crippen MR) is 106 cm³/mol. The van der Waals surface area contributed by atoms with Crippen molar-refractivity contribution in [1.29, 1.82) is 0 Å². The molecular weight excluding hydrogens is 368 g/mol. The van der Waals surface area contributed by atoms with Crippen molar-refractivity contribution in [2.45, 2.75) is 13.3 Å². The molecule has 1 aromatic heterocycles. The topological polar surface area (TPSA) is 51.2 Å². The van der Waals surface area contributed by atoms with E-state index in [2.05, 4.69) is 10.3 Å². The van der Waals surface area contributed by atoms with E-state index >= 15 is 0 Å². The second kappa shape index (κ2) is 8.34. The van der Waals surface area contributed by atoms with Crippen LogP contribution in [0.15, 0.2) is 48.5 Å². The Kier molecular flexibility index (Phi) is 5.91. The first-order valence-electron chi connectivity index (χ1n) is 8.21. The monoisotopic (exact) mass is 386 g/mol. The molecule has 0 radical (unpaired) electrons. The molecule has 4 nitrogen and oxygen atoms in total. The second-order valence-corrected chi connectivity index (χ2v) is 7.23. The van der Waals surface area contributed by atoms with Gasteiger partial charge < -0.3 is 10.1 Å². The molecule has 0 aliphatic carbocycles. The Morgan fingerprint density at radius 1 is 1.15 bits per heavy atom. The van der Waals surface area contributed by atoms with E-state index < -0.39 is 0 Å². The van der Waals surface area contributed by atoms with Crippen LogP contribution >= 0.6 is 22.9 Å². The number of nitrogens with one attached hydrogen (secondary N) is 1. The van der Waals surface area contributed by atoms with E-state index in [0.29, 0.717) is 16.4 Å². The van der Waals surface area contributed by atoms with Crippen molar-refractivity contribution < 1.29 is 9.53 Å². The van der Waals surface area contributed by atoms with Crippen molar-refractivity contribution in [3.63, 3.8) is 0 Å². The number of hydrogen-bond acceptors (Lipinski definition) is 4. The van der Waals surface area contributed by atoms with Gasteiger partial charge in [0.15, 0.2) is 0 Å². The lowest BCUT2D eigenvalue weighted by Gasteiger charge is -2.05. The van der Waals surface area contributed by atoms with Gasteiger partial charge in [0.05, 0.1) is 12.8 Å². The van der Waals surface area contributed by atoms with Crippen LogP contribution in [0.1, 0.15) is 20.9 Å². The average Bonchev–Trinajstić information content (AvgIpc) is 3.04. The van der Waals surface area contributed by atoms with Crippen LogP contribution in [0, 0.1) is 6.92 Å². The molecule has 0 saturated carbocycles. The third-order valence-corrected chi connectivity index (χ3v) is 5.41. The molecule has 0 unspecified atom stereocenters. The van der Waals surface area contributed by atoms with E-state index in [0.717, 1.165) is 34.0 Å². The average molecular weight is 387 g/mol. The summed E-state index contributed by atoms with van der Waals surface area (Å²) in [4.78, 5) is 17.6. The highest BCUT2D eigenvalue weighted by molar-refractivity contribution is 7.17. The summed E-state index contributed by atoms with van der Waals surface area (Å²) in [5, 5.41) is 4.47. The highest BCUT2D eigenvalue weighted by Gasteiger charge is 2.15. The smallest absolute Gasteiger partial charge is 0.263 e. The van der Waals surface area contributed by atoms with Gasteiger partial charge in [-0.2, -0.15) is 0 Å². The Balaban J connectivity index is 1.61. The van der Waals surface area contributed by atoms with Crippen molar-refractivity contribution in [2.24, 2.45) is 0 Å². The minimum absolute atomic E-state index is 0.0891. The summed E-state index contributed by atoms with van der Waals surface area (Å²) < 4.78 is 5.15. The SMILES string of the molecule is COc1ccc(CCNC(=O)c2sc(-c3ccc(Cl)cc3)nc2C)cc1. The lowest BCUT2D eigenvalue weighted by Crippen LogP contribution is -2.25. The fourth-order valence-corrected chi connectivity index (χ4v) is 3.63. The molecule has 0 bridgehead atoms. The summed E-state index contributed by atoms with van der Waals surface area (Å²) in [5.41, 5.74) is 2.84. The Labute approximate surface area is 161 Å². The van der Waals surface area contributed by atoms with E-state index in [1.54, 1.807) is 7.11 Å². The van der Waals surface area contributed by atoms with E-state index in [1.807, 2.05) is 55.5 Å². The second-order valence-electron chi connectivity index (χ2n) is 5.79. The number of rotatable bonds is 6. The molecule has 0 aliphatic heterocycles. The van der Waals surface area contributed by atoms with Crippen molar-refractivity contribution in [3.8, 4) is 16.3 Å². The molecule has 0 spiro atoms. The molecule has 1 heterocycles. The lowest BCUT2D eigenvalue weighted by atomic mass is 10.1. The number of benzene rings is 2. The number of aromatic nitrogens is 1. The highest BCUT2D eigenvalue weighted by atomic mass is 35.5. The minimum Gasteiger partial charge on any atom is -0.497 e. The van der Waals surface area contributed by atoms with Gasteiger partial charge in [-0.15, -0.1) is 11.3 Å². The summed E-state index contributed by atoms with van der Waals surface area (Å²) >= 11 is 7.32. The number of methoxy groups -OCH3 is 1. The normalized spacial score (nSPS) is 10.6. The number of carbonyl (C=O) groups is 1. The van der Waals surface area contributed by atoms with Crippen LogP contribution in [0.5, 0.6) is 5.75 Å². The van der Waals surface area contributed by atoms with Gasteiger partial charge in [0.25, 0.3) is 5.91 Å². The molecule has 3 rings (SSSR count). The maximum Gasteiger partial charge on any atom is 0.263 e. The van der Waals surface area contributed by atoms with Gasteiger partial charge in [0, 0.05) is 17.1 Å². The number of nitrogens with zero attached hydrogens (tertiary/aromatic N) is 1. The number of hydrogen-bond donors (Lipinski definition) is 1. The zero-order chi connectivity index (χ0) is 18.5. The summed E-state index contributed by atoms with van der Waals surface area (Å²) in [7, 11) is 1.64. The Hall–Kier alpha value is -2.37. The first-order chi connectivity index (χ1) is 12.6. The van der Waals surface area contributed by atoms with Crippen molar-refractivity contribution >= 4 is 28.8 Å². The highest BCUT2D eigenvalue weighted by Crippen LogP contribution is 2.28. The number of carbonyl (C=O) groups excluding carboxylic acids is 1. The van der Waals surface area contributed by atoms with Crippen molar-refractivity contribution in [3.05, 3.63) is 69.7 Å². The van der Waals surface area contributed by atoms with E-state index in [1.165, 1.54) is 11.3 Å². The van der Waals surface area contributed by atoms with Gasteiger partial charge in [-0.3, -0.25) is 4.79 Å². The maximum atomic E-state index is 12.5. The molecule has 1 amide bonds. The van der Waals surface area contributed by atoms with Crippen molar-refractivity contribution in [2.75, 3.05) is 13.7 Å². The first-order valence-corrected chi connectivity index (χ1v) is 9.41. The fourth-order valence-electron chi connectivity index (χ4n) is 2.52. The largest absolute Gasteiger partial charge is 0.497 e. The number of amides is 1. The predicted octanol–water partition coefficient (Wildman–Crippen LogP) is 4.75. The summed E-state index contributed by atoms with van der Waals surface area (Å²) in [6, 6.07) is 15.3. The van der Waals surface area contributed by atoms with E-state index in [4.69, 9.17) is 16.3 Å². The van der Waals surface area contributed by atoms with Crippen LogP contribution in [0.4, 0.5) is 0 Å². The van der Waals surface area contributed by atoms with Crippen LogP contribution < -0.4 is 10.1 Å². The van der Waals surface area contributed by atoms with Crippen molar-refractivity contribution in [1.82, 2.24) is 10.3 Å². The Morgan fingerprint density at radius 2 is 1.85 bits per heavy atom. The zero-order valence-electron chi connectivity index (χ0n) is 14.6. The summed E-state index contributed by atoms with van der Waals surface area (Å²) in [6.07, 6.45) is 0.762. The lowest BCUT2D eigenvalue weighted by molar-refractivity contribution is 0.0957. The molecule has 134 valence electrons. The molecule has 0 atom stereocenters. The first kappa shape index (κ1) is 18.4. The third kappa shape index (κ3) is 4.42. The van der Waals surface area contributed by atoms with Gasteiger partial charge >= 0.3 is 0 Å². The molecule has 0 aliphatic rings. The quantitative estimate of drug-likeness (QED) is 0.664. The van der Waals surface area contributed by atoms with Crippen LogP contribution in [0.2, 0.25) is 5.02 Å². The molecule has 1 N–H and O–H groups in total.